The summed E-state index contributed by atoms with van der Waals surface area (Å²) in [5.41, 5.74) is 2.04. The van der Waals surface area contributed by atoms with E-state index in [0.717, 1.165) is 30.2 Å². The molecular formula is C19H22BrN5S. The molecule has 0 spiro atoms. The second kappa shape index (κ2) is 10.1. The van der Waals surface area contributed by atoms with Crippen molar-refractivity contribution >= 4 is 27.8 Å². The fourth-order valence-electron chi connectivity index (χ4n) is 2.51. The zero-order valence-electron chi connectivity index (χ0n) is 14.9. The molecule has 0 atom stereocenters. The molecule has 0 saturated carbocycles. The minimum absolute atomic E-state index is 0. The molecule has 0 N–H and O–H groups in total. The van der Waals surface area contributed by atoms with Gasteiger partial charge in [0.05, 0.1) is 12.2 Å². The van der Waals surface area contributed by atoms with Crippen molar-refractivity contribution in [3.8, 4) is 0 Å². The highest BCUT2D eigenvalue weighted by Gasteiger charge is 2.07. The smallest absolute Gasteiger partial charge is 0.230 e. The first kappa shape index (κ1) is 20.2. The fraction of sp³-hybridized carbons (Fsp3) is 0.263. The number of aryl methyl sites for hydroxylation is 1. The van der Waals surface area contributed by atoms with Crippen molar-refractivity contribution in [1.29, 1.82) is 0 Å². The van der Waals surface area contributed by atoms with Crippen molar-refractivity contribution in [1.82, 2.24) is 4.98 Å². The number of rotatable bonds is 7. The van der Waals surface area contributed by atoms with Crippen molar-refractivity contribution in [3.05, 3.63) is 65.9 Å². The molecule has 0 fully saturated rings. The molecule has 0 unspecified atom stereocenters. The van der Waals surface area contributed by atoms with E-state index >= 15 is 0 Å². The molecule has 0 radical (unpaired) electrons. The summed E-state index contributed by atoms with van der Waals surface area (Å²) in [6, 6.07) is 14.3. The zero-order valence-corrected chi connectivity index (χ0v) is 17.3. The quantitative estimate of drug-likeness (QED) is 0.421. The predicted octanol–water partition coefficient (Wildman–Crippen LogP) is 1.68. The first-order valence-electron chi connectivity index (χ1n) is 8.38. The van der Waals surface area contributed by atoms with Gasteiger partial charge in [-0.05, 0) is 38.1 Å². The summed E-state index contributed by atoms with van der Waals surface area (Å²) in [6.07, 6.45) is 6.00. The minimum atomic E-state index is 0. The number of likely N-dealkylation sites (N-methyl/N-ethyl adjacent to an activating group) is 1. The summed E-state index contributed by atoms with van der Waals surface area (Å²) < 4.78 is 2.20. The second-order valence-electron chi connectivity index (χ2n) is 5.66. The third-order valence-corrected chi connectivity index (χ3v) is 4.66. The van der Waals surface area contributed by atoms with Crippen molar-refractivity contribution in [2.75, 3.05) is 18.0 Å². The molecule has 26 heavy (non-hydrogen) atoms. The lowest BCUT2D eigenvalue weighted by Crippen LogP contribution is -3.00. The number of thiazole rings is 1. The van der Waals surface area contributed by atoms with E-state index in [0.29, 0.717) is 5.13 Å². The van der Waals surface area contributed by atoms with Gasteiger partial charge >= 0.3 is 0 Å². The van der Waals surface area contributed by atoms with Crippen LogP contribution in [0.15, 0.2) is 71.3 Å². The van der Waals surface area contributed by atoms with Crippen LogP contribution in [0.2, 0.25) is 0 Å². The highest BCUT2D eigenvalue weighted by Crippen LogP contribution is 2.24. The Morgan fingerprint density at radius 3 is 2.42 bits per heavy atom. The number of nitrogens with zero attached hydrogens (tertiary/aromatic N) is 5. The summed E-state index contributed by atoms with van der Waals surface area (Å²) >= 11 is 1.54. The van der Waals surface area contributed by atoms with Crippen LogP contribution >= 0.6 is 11.3 Å². The molecule has 3 rings (SSSR count). The van der Waals surface area contributed by atoms with Crippen molar-refractivity contribution < 1.29 is 21.5 Å². The summed E-state index contributed by atoms with van der Waals surface area (Å²) in [4.78, 5) is 7.68. The molecule has 2 aromatic heterocycles. The maximum atomic E-state index is 4.26. The van der Waals surface area contributed by atoms with Gasteiger partial charge in [-0.15, -0.1) is 10.2 Å². The summed E-state index contributed by atoms with van der Waals surface area (Å²) in [5.74, 6) is 0. The molecule has 2 heterocycles. The highest BCUT2D eigenvalue weighted by molar-refractivity contribution is 7.15. The van der Waals surface area contributed by atoms with Gasteiger partial charge in [0.2, 0.25) is 5.13 Å². The topological polar surface area (TPSA) is 44.7 Å². The fourth-order valence-corrected chi connectivity index (χ4v) is 3.09. The molecule has 0 bridgehead atoms. The third kappa shape index (κ3) is 5.71. The van der Waals surface area contributed by atoms with E-state index in [9.17, 15) is 0 Å². The molecular weight excluding hydrogens is 410 g/mol. The standard InChI is InChI=1S/C19H22N5S.BrH/c1-3-24(14-13-23-11-5-4-6-12-23)18-9-7-17(8-10-18)21-22-19-20-15-16(2)25-19;/h4-12,15H,3,13-14H2,1-2H3;1H/q+1;/p-1/b22-21+;. The molecule has 7 heteroatoms. The molecule has 3 aromatic rings. The maximum Gasteiger partial charge on any atom is 0.230 e. The van der Waals surface area contributed by atoms with E-state index in [-0.39, 0.29) is 17.0 Å². The Morgan fingerprint density at radius 1 is 1.08 bits per heavy atom. The van der Waals surface area contributed by atoms with Crippen LogP contribution < -0.4 is 26.4 Å². The molecule has 136 valence electrons. The van der Waals surface area contributed by atoms with E-state index in [4.69, 9.17) is 0 Å². The van der Waals surface area contributed by atoms with E-state index in [1.54, 1.807) is 11.3 Å². The Bertz CT molecular complexity index is 817. The Kier molecular flexibility index (Phi) is 7.87. The van der Waals surface area contributed by atoms with Gasteiger partial charge in [-0.25, -0.2) is 9.55 Å². The van der Waals surface area contributed by atoms with E-state index in [1.807, 2.05) is 31.3 Å². The Morgan fingerprint density at radius 2 is 1.81 bits per heavy atom. The first-order chi connectivity index (χ1) is 12.2. The molecule has 0 amide bonds. The third-order valence-electron chi connectivity index (χ3n) is 3.86. The van der Waals surface area contributed by atoms with Crippen LogP contribution in [0, 0.1) is 6.92 Å². The number of pyridine rings is 1. The minimum Gasteiger partial charge on any atom is -1.00 e. The van der Waals surface area contributed by atoms with Crippen molar-refractivity contribution in [2.24, 2.45) is 10.2 Å². The van der Waals surface area contributed by atoms with Gasteiger partial charge in [0.25, 0.3) is 0 Å². The van der Waals surface area contributed by atoms with Gasteiger partial charge < -0.3 is 21.9 Å². The number of hydrogen-bond acceptors (Lipinski definition) is 5. The zero-order chi connectivity index (χ0) is 17.5. The van der Waals surface area contributed by atoms with Crippen LogP contribution in [0.3, 0.4) is 0 Å². The van der Waals surface area contributed by atoms with Gasteiger partial charge in [-0.3, -0.25) is 0 Å². The SMILES string of the molecule is CCN(CC[n+]1ccccc1)c1ccc(/N=N/c2ncc(C)s2)cc1.[Br-]. The number of halogens is 1. The lowest BCUT2D eigenvalue weighted by molar-refractivity contribution is -0.694. The number of benzene rings is 1. The molecule has 0 saturated heterocycles. The van der Waals surface area contributed by atoms with Crippen LogP contribution in [-0.2, 0) is 6.54 Å². The Labute approximate surface area is 168 Å². The number of anilines is 1. The lowest BCUT2D eigenvalue weighted by Gasteiger charge is -2.21. The van der Waals surface area contributed by atoms with E-state index < -0.39 is 0 Å². The maximum absolute atomic E-state index is 4.26. The van der Waals surface area contributed by atoms with Gasteiger partial charge in [-0.2, -0.15) is 0 Å². The van der Waals surface area contributed by atoms with Gasteiger partial charge in [-0.1, -0.05) is 17.4 Å². The van der Waals surface area contributed by atoms with Crippen LogP contribution in [0.5, 0.6) is 0 Å². The van der Waals surface area contributed by atoms with Crippen LogP contribution in [0.4, 0.5) is 16.5 Å². The predicted molar refractivity (Wildman–Crippen MR) is 102 cm³/mol. The normalized spacial score (nSPS) is 10.7. The second-order valence-corrected chi connectivity index (χ2v) is 6.88. The average Bonchev–Trinajstić information content (AvgIpc) is 3.08. The highest BCUT2D eigenvalue weighted by atomic mass is 79.9. The van der Waals surface area contributed by atoms with Crippen molar-refractivity contribution in [2.45, 2.75) is 20.4 Å². The molecule has 0 aliphatic rings. The van der Waals surface area contributed by atoms with Crippen LogP contribution in [0.1, 0.15) is 11.8 Å². The van der Waals surface area contributed by atoms with E-state index in [1.165, 1.54) is 5.69 Å². The summed E-state index contributed by atoms with van der Waals surface area (Å²) in [7, 11) is 0. The van der Waals surface area contributed by atoms with Crippen molar-refractivity contribution in [3.63, 3.8) is 0 Å². The van der Waals surface area contributed by atoms with Gasteiger partial charge in [0.15, 0.2) is 18.9 Å². The molecule has 0 aliphatic carbocycles. The number of azo groups is 1. The number of hydrogen-bond donors (Lipinski definition) is 0. The summed E-state index contributed by atoms with van der Waals surface area (Å²) in [6.45, 7) is 7.07. The number of aromatic nitrogens is 2. The largest absolute Gasteiger partial charge is 1.00 e. The van der Waals surface area contributed by atoms with Crippen LogP contribution in [-0.4, -0.2) is 18.1 Å². The lowest BCUT2D eigenvalue weighted by atomic mass is 10.2. The molecule has 0 aliphatic heterocycles. The Hall–Kier alpha value is -2.12. The summed E-state index contributed by atoms with van der Waals surface area (Å²) in [5, 5.41) is 9.13. The van der Waals surface area contributed by atoms with Gasteiger partial charge in [0.1, 0.15) is 0 Å². The monoisotopic (exact) mass is 431 g/mol. The van der Waals surface area contributed by atoms with E-state index in [2.05, 4.69) is 68.3 Å². The molecule has 1 aromatic carbocycles. The van der Waals surface area contributed by atoms with Gasteiger partial charge in [0, 0.05) is 35.4 Å². The molecule has 5 nitrogen and oxygen atoms in total. The Balaban J connectivity index is 0.00000243. The first-order valence-corrected chi connectivity index (χ1v) is 9.19. The average molecular weight is 432 g/mol. The van der Waals surface area contributed by atoms with Crippen LogP contribution in [0.25, 0.3) is 0 Å².